The van der Waals surface area contributed by atoms with Gasteiger partial charge in [0.05, 0.1) is 19.5 Å². The highest BCUT2D eigenvalue weighted by Gasteiger charge is 2.50. The van der Waals surface area contributed by atoms with Crippen LogP contribution < -0.4 is 21.3 Å². The number of fused-ring (bicyclic) bond motifs is 1. The summed E-state index contributed by atoms with van der Waals surface area (Å²) in [7, 11) is -16.5. The van der Waals surface area contributed by atoms with Crippen LogP contribution in [-0.4, -0.2) is 129 Å². The number of rotatable bonds is 21. The van der Waals surface area contributed by atoms with Crippen molar-refractivity contribution in [3.63, 3.8) is 0 Å². The lowest BCUT2D eigenvalue weighted by Crippen LogP contribution is -2.46. The number of phenols is 1. The van der Waals surface area contributed by atoms with Crippen molar-refractivity contribution >= 4 is 63.9 Å². The number of nitrogen functional groups attached to an aromatic ring is 1. The standard InChI is InChI=1S/C30H43N8O18P3/c1-4-21(41)37(17-5-7-18(39)8-6-17)12-11-32-20(40)9-10-33-28(44)25(43)30(2,3)14-53-59(50,51)56-58(48,49)52-13-19-24(55-57(45,46)47)23(42)29(54-19)38-16-36-22-26(31)34-15-35-27(22)38/h4-8,15-16,19,23-25,29,39,42-43H,1,9-14H2,2-3H3,(H,32,40)(H,33,44)(H,48,49)(H,50,51)(H2,31,34,35)(H2,45,46,47)/t19-,23-,24-,25?,29-/m1/s1. The number of amides is 3. The number of aliphatic hydroxyl groups is 2. The number of hydrogen-bond acceptors (Lipinski definition) is 18. The number of aromatic nitrogens is 4. The minimum absolute atomic E-state index is 0.00910. The fourth-order valence-corrected chi connectivity index (χ4v) is 8.19. The molecule has 26 nitrogen and oxygen atoms in total. The minimum atomic E-state index is -5.59. The third kappa shape index (κ3) is 13.1. The van der Waals surface area contributed by atoms with E-state index in [1.165, 1.54) is 43.0 Å². The zero-order valence-corrected chi connectivity index (χ0v) is 33.8. The number of benzene rings is 1. The van der Waals surface area contributed by atoms with Crippen LogP contribution in [0.3, 0.4) is 0 Å². The number of nitrogens with one attached hydrogen (secondary N) is 2. The zero-order valence-electron chi connectivity index (χ0n) is 31.2. The van der Waals surface area contributed by atoms with Crippen molar-refractivity contribution in [1.29, 1.82) is 0 Å². The van der Waals surface area contributed by atoms with E-state index in [1.54, 1.807) is 0 Å². The summed E-state index contributed by atoms with van der Waals surface area (Å²) in [6.07, 6.45) is -6.03. The Hall–Kier alpha value is -4.23. The van der Waals surface area contributed by atoms with Crippen molar-refractivity contribution in [2.24, 2.45) is 5.41 Å². The number of aliphatic hydroxyl groups excluding tert-OH is 2. The molecule has 1 aliphatic rings. The number of hydrogen-bond donors (Lipinski definition) is 10. The van der Waals surface area contributed by atoms with Crippen molar-refractivity contribution in [3.8, 4) is 5.75 Å². The van der Waals surface area contributed by atoms with Gasteiger partial charge in [0, 0.05) is 37.2 Å². The average molecular weight is 897 g/mol. The SMILES string of the molecule is C=CC(=O)N(CCNC(=O)CCNC(=O)C(O)C(C)(C)COP(=O)(O)OP(=O)(O)OC[C@H]1O[C@@H](n2cnc3c(N)ncnc32)[C@H](O)[C@@H]1OP(=O)(O)O)c1ccc(O)cc1. The van der Waals surface area contributed by atoms with Crippen LogP contribution in [-0.2, 0) is 50.7 Å². The van der Waals surface area contributed by atoms with Crippen LogP contribution in [0.25, 0.3) is 11.2 Å². The molecule has 3 amide bonds. The molecule has 1 aromatic carbocycles. The van der Waals surface area contributed by atoms with Crippen LogP contribution in [0.15, 0.2) is 49.6 Å². The van der Waals surface area contributed by atoms with Gasteiger partial charge in [-0.2, -0.15) is 4.31 Å². The van der Waals surface area contributed by atoms with Gasteiger partial charge in [-0.15, -0.1) is 0 Å². The van der Waals surface area contributed by atoms with Gasteiger partial charge in [0.15, 0.2) is 17.7 Å². The van der Waals surface area contributed by atoms with Crippen LogP contribution in [0.2, 0.25) is 0 Å². The molecule has 1 aliphatic heterocycles. The van der Waals surface area contributed by atoms with Crippen LogP contribution in [0, 0.1) is 5.41 Å². The van der Waals surface area contributed by atoms with Crippen molar-refractivity contribution < 1.29 is 85.6 Å². The monoisotopic (exact) mass is 896 g/mol. The first kappa shape index (κ1) is 47.4. The third-order valence-corrected chi connectivity index (χ3v) is 11.4. The molecular formula is C30H43N8O18P3. The van der Waals surface area contributed by atoms with Crippen LogP contribution in [0.4, 0.5) is 11.5 Å². The van der Waals surface area contributed by atoms with Gasteiger partial charge in [0.2, 0.25) is 17.7 Å². The first-order valence-electron chi connectivity index (χ1n) is 17.1. The number of phosphoric ester groups is 3. The Balaban J connectivity index is 1.25. The molecule has 59 heavy (non-hydrogen) atoms. The highest BCUT2D eigenvalue weighted by Crippen LogP contribution is 2.61. The molecule has 29 heteroatoms. The molecule has 3 unspecified atom stereocenters. The summed E-state index contributed by atoms with van der Waals surface area (Å²) in [4.78, 5) is 89.6. The number of nitrogens with two attached hydrogens (primary N) is 1. The van der Waals surface area contributed by atoms with Crippen molar-refractivity contribution in [3.05, 3.63) is 49.6 Å². The molecule has 0 bridgehead atoms. The second-order valence-corrected chi connectivity index (χ2v) is 17.5. The molecule has 7 atom stereocenters. The van der Waals surface area contributed by atoms with E-state index in [-0.39, 0.29) is 48.8 Å². The van der Waals surface area contributed by atoms with Crippen molar-refractivity contribution in [2.45, 2.75) is 50.9 Å². The van der Waals surface area contributed by atoms with Crippen LogP contribution in [0.1, 0.15) is 26.5 Å². The summed E-state index contributed by atoms with van der Waals surface area (Å²) < 4.78 is 62.2. The Morgan fingerprint density at radius 2 is 1.71 bits per heavy atom. The molecule has 4 rings (SSSR count). The lowest BCUT2D eigenvalue weighted by molar-refractivity contribution is -0.137. The first-order valence-corrected chi connectivity index (χ1v) is 21.6. The molecule has 2 aromatic heterocycles. The third-order valence-electron chi connectivity index (χ3n) is 8.34. The second-order valence-electron chi connectivity index (χ2n) is 13.3. The number of ether oxygens (including phenoxy) is 1. The molecule has 3 aromatic rings. The molecule has 1 fully saturated rings. The van der Waals surface area contributed by atoms with E-state index in [0.29, 0.717) is 5.69 Å². The lowest BCUT2D eigenvalue weighted by Gasteiger charge is -2.30. The highest BCUT2D eigenvalue weighted by atomic mass is 31.3. The van der Waals surface area contributed by atoms with Crippen LogP contribution in [0.5, 0.6) is 5.75 Å². The van der Waals surface area contributed by atoms with Gasteiger partial charge >= 0.3 is 23.5 Å². The molecule has 11 N–H and O–H groups in total. The number of phosphoric acid groups is 3. The van der Waals surface area contributed by atoms with Gasteiger partial charge in [-0.1, -0.05) is 20.4 Å². The van der Waals surface area contributed by atoms with Gasteiger partial charge in [-0.05, 0) is 30.3 Å². The molecule has 0 spiro atoms. The molecule has 0 saturated carbocycles. The normalized spacial score (nSPS) is 20.9. The second kappa shape index (κ2) is 19.4. The molecule has 0 aliphatic carbocycles. The number of imidazole rings is 1. The topological polar surface area (TPSA) is 387 Å². The quantitative estimate of drug-likeness (QED) is 0.0468. The van der Waals surface area contributed by atoms with E-state index in [1.807, 2.05) is 0 Å². The predicted molar refractivity (Wildman–Crippen MR) is 200 cm³/mol. The Morgan fingerprint density at radius 1 is 1.05 bits per heavy atom. The summed E-state index contributed by atoms with van der Waals surface area (Å²) in [5.41, 5.74) is 4.65. The number of carbonyl (C=O) groups excluding carboxylic acids is 3. The maximum atomic E-state index is 12.7. The van der Waals surface area contributed by atoms with Gasteiger partial charge in [-0.25, -0.2) is 28.6 Å². The summed E-state index contributed by atoms with van der Waals surface area (Å²) >= 11 is 0. The summed E-state index contributed by atoms with van der Waals surface area (Å²) in [5.74, 6) is -2.06. The van der Waals surface area contributed by atoms with Crippen molar-refractivity contribution in [2.75, 3.05) is 43.5 Å². The Kier molecular flexibility index (Phi) is 15.6. The number of anilines is 2. The van der Waals surface area contributed by atoms with Crippen LogP contribution >= 0.6 is 23.5 Å². The number of phenolic OH excluding ortho intramolecular Hbond substituents is 1. The molecule has 0 radical (unpaired) electrons. The van der Waals surface area contributed by atoms with Gasteiger partial charge in [0.1, 0.15) is 42.0 Å². The van der Waals surface area contributed by atoms with E-state index < -0.39 is 90.5 Å². The highest BCUT2D eigenvalue weighted by molar-refractivity contribution is 7.61. The molecular weight excluding hydrogens is 853 g/mol. The van der Waals surface area contributed by atoms with E-state index in [0.717, 1.165) is 23.3 Å². The zero-order chi connectivity index (χ0) is 43.9. The average Bonchev–Trinajstić information content (AvgIpc) is 3.71. The van der Waals surface area contributed by atoms with E-state index >= 15 is 0 Å². The molecule has 326 valence electrons. The van der Waals surface area contributed by atoms with E-state index in [4.69, 9.17) is 19.5 Å². The van der Waals surface area contributed by atoms with Crippen molar-refractivity contribution in [1.82, 2.24) is 30.2 Å². The fraction of sp³-hybridized carbons (Fsp3) is 0.467. The molecule has 3 heterocycles. The maximum absolute atomic E-state index is 12.7. The number of carbonyl (C=O) groups is 3. The minimum Gasteiger partial charge on any atom is -0.508 e. The Labute approximate surface area is 334 Å². The maximum Gasteiger partial charge on any atom is 0.481 e. The lowest BCUT2D eigenvalue weighted by atomic mass is 9.87. The fourth-order valence-electron chi connectivity index (χ4n) is 5.36. The smallest absolute Gasteiger partial charge is 0.481 e. The van der Waals surface area contributed by atoms with Gasteiger partial charge in [-0.3, -0.25) is 32.5 Å². The largest absolute Gasteiger partial charge is 0.508 e. The number of nitrogens with zero attached hydrogens (tertiary/aromatic N) is 5. The van der Waals surface area contributed by atoms with Gasteiger partial charge in [0.25, 0.3) is 0 Å². The summed E-state index contributed by atoms with van der Waals surface area (Å²) in [6, 6.07) is 5.76. The summed E-state index contributed by atoms with van der Waals surface area (Å²) in [6.45, 7) is 3.64. The Morgan fingerprint density at radius 3 is 2.36 bits per heavy atom. The summed E-state index contributed by atoms with van der Waals surface area (Å²) in [5, 5.41) is 35.9. The van der Waals surface area contributed by atoms with E-state index in [9.17, 15) is 63.0 Å². The number of aromatic hydroxyl groups is 1. The predicted octanol–water partition coefficient (Wildman–Crippen LogP) is -0.670. The molecule has 1 saturated heterocycles. The first-order chi connectivity index (χ1) is 27.4. The van der Waals surface area contributed by atoms with E-state index in [2.05, 4.69) is 41.0 Å². The van der Waals surface area contributed by atoms with Gasteiger partial charge < -0.3 is 60.9 Å². The Bertz CT molecular complexity index is 2140.